The molecule has 0 bridgehead atoms. The van der Waals surface area contributed by atoms with E-state index in [1.807, 2.05) is 30.5 Å². The largest absolute Gasteiger partial charge is 0.491 e. The standard InChI is InChI=1S/C26H34N2O4/c1-3-5-16-30-17-18-32-24-11-8-21(9-12-24)23-19-22(10-13-25(29)31-4-2)26(27-20-23)28-14-6-7-15-28/h8-13,19-20H,3-7,14-18H2,1-2H3/b13-10+. The summed E-state index contributed by atoms with van der Waals surface area (Å²) >= 11 is 0. The quantitative estimate of drug-likeness (QED) is 0.260. The van der Waals surface area contributed by atoms with Gasteiger partial charge in [-0.15, -0.1) is 0 Å². The molecule has 3 rings (SSSR count). The van der Waals surface area contributed by atoms with Crippen LogP contribution in [0.3, 0.4) is 0 Å². The summed E-state index contributed by atoms with van der Waals surface area (Å²) < 4.78 is 16.3. The molecule has 2 heterocycles. The first kappa shape index (κ1) is 23.8. The number of esters is 1. The topological polar surface area (TPSA) is 60.9 Å². The molecule has 1 saturated heterocycles. The van der Waals surface area contributed by atoms with E-state index in [1.54, 1.807) is 13.0 Å². The van der Waals surface area contributed by atoms with E-state index in [0.717, 1.165) is 73.6 Å². The first-order valence-corrected chi connectivity index (χ1v) is 11.6. The van der Waals surface area contributed by atoms with Crippen molar-refractivity contribution in [2.75, 3.05) is 44.4 Å². The van der Waals surface area contributed by atoms with Gasteiger partial charge < -0.3 is 19.1 Å². The van der Waals surface area contributed by atoms with Crippen LogP contribution < -0.4 is 9.64 Å². The molecule has 1 fully saturated rings. The number of benzene rings is 1. The van der Waals surface area contributed by atoms with Crippen LogP contribution in [0.1, 0.15) is 45.1 Å². The minimum atomic E-state index is -0.342. The van der Waals surface area contributed by atoms with Gasteiger partial charge in [0.05, 0.1) is 13.2 Å². The Kier molecular flexibility index (Phi) is 9.57. The Balaban J connectivity index is 1.70. The van der Waals surface area contributed by atoms with Gasteiger partial charge in [-0.2, -0.15) is 0 Å². The fraction of sp³-hybridized carbons (Fsp3) is 0.462. The van der Waals surface area contributed by atoms with Gasteiger partial charge in [-0.3, -0.25) is 0 Å². The van der Waals surface area contributed by atoms with E-state index < -0.39 is 0 Å². The SMILES string of the molecule is CCCCOCCOc1ccc(-c2cnc(N3CCCC3)c(/C=C/C(=O)OCC)c2)cc1. The molecule has 6 nitrogen and oxygen atoms in total. The number of pyridine rings is 1. The van der Waals surface area contributed by atoms with Gasteiger partial charge in [-0.1, -0.05) is 25.5 Å². The smallest absolute Gasteiger partial charge is 0.330 e. The average Bonchev–Trinajstić information content (AvgIpc) is 3.35. The molecule has 1 aliphatic heterocycles. The van der Waals surface area contributed by atoms with Gasteiger partial charge in [0.15, 0.2) is 0 Å². The molecular weight excluding hydrogens is 404 g/mol. The summed E-state index contributed by atoms with van der Waals surface area (Å²) in [4.78, 5) is 18.9. The number of nitrogens with zero attached hydrogens (tertiary/aromatic N) is 2. The lowest BCUT2D eigenvalue weighted by molar-refractivity contribution is -0.137. The summed E-state index contributed by atoms with van der Waals surface area (Å²) in [5.74, 6) is 1.39. The zero-order chi connectivity index (χ0) is 22.6. The van der Waals surface area contributed by atoms with Crippen LogP contribution in [0.2, 0.25) is 0 Å². The number of ether oxygens (including phenoxy) is 3. The van der Waals surface area contributed by atoms with Crippen LogP contribution in [0.15, 0.2) is 42.6 Å². The Labute approximate surface area is 191 Å². The number of carbonyl (C=O) groups is 1. The van der Waals surface area contributed by atoms with Gasteiger partial charge in [-0.05, 0) is 56.0 Å². The molecule has 172 valence electrons. The van der Waals surface area contributed by atoms with Crippen LogP contribution in [0.4, 0.5) is 5.82 Å². The summed E-state index contributed by atoms with van der Waals surface area (Å²) in [6.45, 7) is 8.21. The van der Waals surface area contributed by atoms with E-state index in [1.165, 1.54) is 6.08 Å². The van der Waals surface area contributed by atoms with E-state index in [-0.39, 0.29) is 5.97 Å². The average molecular weight is 439 g/mol. The second-order valence-corrected chi connectivity index (χ2v) is 7.76. The summed E-state index contributed by atoms with van der Waals surface area (Å²) in [7, 11) is 0. The predicted octanol–water partition coefficient (Wildman–Crippen LogP) is 5.12. The monoisotopic (exact) mass is 438 g/mol. The van der Waals surface area contributed by atoms with Crippen molar-refractivity contribution in [3.63, 3.8) is 0 Å². The van der Waals surface area contributed by atoms with E-state index in [2.05, 4.69) is 17.9 Å². The molecule has 0 atom stereocenters. The van der Waals surface area contributed by atoms with Gasteiger partial charge in [0.25, 0.3) is 0 Å². The number of hydrogen-bond donors (Lipinski definition) is 0. The lowest BCUT2D eigenvalue weighted by Crippen LogP contribution is -2.20. The second kappa shape index (κ2) is 12.9. The van der Waals surface area contributed by atoms with Crippen LogP contribution >= 0.6 is 0 Å². The van der Waals surface area contributed by atoms with Gasteiger partial charge in [0, 0.05) is 43.1 Å². The zero-order valence-corrected chi connectivity index (χ0v) is 19.2. The van der Waals surface area contributed by atoms with Gasteiger partial charge in [0.1, 0.15) is 18.2 Å². The highest BCUT2D eigenvalue weighted by molar-refractivity contribution is 5.88. The van der Waals surface area contributed by atoms with E-state index >= 15 is 0 Å². The fourth-order valence-corrected chi connectivity index (χ4v) is 3.61. The maximum atomic E-state index is 11.8. The minimum absolute atomic E-state index is 0.342. The van der Waals surface area contributed by atoms with E-state index in [9.17, 15) is 4.79 Å². The normalized spacial score (nSPS) is 13.6. The maximum Gasteiger partial charge on any atom is 0.330 e. The highest BCUT2D eigenvalue weighted by atomic mass is 16.5. The number of rotatable bonds is 12. The van der Waals surface area contributed by atoms with Crippen molar-refractivity contribution >= 4 is 17.9 Å². The lowest BCUT2D eigenvalue weighted by atomic mass is 10.0. The molecule has 0 N–H and O–H groups in total. The van der Waals surface area contributed by atoms with Crippen molar-refractivity contribution in [1.82, 2.24) is 4.98 Å². The van der Waals surface area contributed by atoms with Crippen LogP contribution in [-0.4, -0.2) is 50.5 Å². The van der Waals surface area contributed by atoms with E-state index in [4.69, 9.17) is 19.2 Å². The summed E-state index contributed by atoms with van der Waals surface area (Å²) in [5, 5.41) is 0. The molecule has 1 aromatic heterocycles. The highest BCUT2D eigenvalue weighted by Crippen LogP contribution is 2.29. The molecule has 32 heavy (non-hydrogen) atoms. The molecule has 1 aliphatic rings. The molecule has 0 spiro atoms. The molecule has 2 aromatic rings. The van der Waals surface area contributed by atoms with Crippen molar-refractivity contribution in [2.45, 2.75) is 39.5 Å². The fourth-order valence-electron chi connectivity index (χ4n) is 3.61. The molecule has 1 aromatic carbocycles. The van der Waals surface area contributed by atoms with Gasteiger partial charge in [0.2, 0.25) is 0 Å². The van der Waals surface area contributed by atoms with E-state index in [0.29, 0.717) is 19.8 Å². The van der Waals surface area contributed by atoms with Gasteiger partial charge in [-0.25, -0.2) is 9.78 Å². The van der Waals surface area contributed by atoms with Crippen molar-refractivity contribution < 1.29 is 19.0 Å². The molecule has 0 saturated carbocycles. The van der Waals surface area contributed by atoms with Gasteiger partial charge >= 0.3 is 5.97 Å². The summed E-state index contributed by atoms with van der Waals surface area (Å²) in [5.41, 5.74) is 2.95. The molecule has 0 aliphatic carbocycles. The Bertz CT molecular complexity index is 874. The third-order valence-electron chi connectivity index (χ3n) is 5.31. The van der Waals surface area contributed by atoms with Crippen molar-refractivity contribution in [3.8, 4) is 16.9 Å². The molecule has 0 radical (unpaired) electrons. The first-order chi connectivity index (χ1) is 15.7. The molecule has 0 unspecified atom stereocenters. The Morgan fingerprint density at radius 2 is 1.84 bits per heavy atom. The van der Waals surface area contributed by atoms with Crippen molar-refractivity contribution in [1.29, 1.82) is 0 Å². The second-order valence-electron chi connectivity index (χ2n) is 7.76. The Morgan fingerprint density at radius 3 is 2.56 bits per heavy atom. The van der Waals surface area contributed by atoms with Crippen LogP contribution in [0.25, 0.3) is 17.2 Å². The zero-order valence-electron chi connectivity index (χ0n) is 19.2. The number of unbranched alkanes of at least 4 members (excludes halogenated alkanes) is 1. The van der Waals surface area contributed by atoms with Crippen molar-refractivity contribution in [3.05, 3.63) is 48.2 Å². The molecule has 0 amide bonds. The van der Waals surface area contributed by atoms with Crippen LogP contribution in [0, 0.1) is 0 Å². The number of anilines is 1. The summed E-state index contributed by atoms with van der Waals surface area (Å²) in [6.07, 6.45) is 9.71. The number of carbonyl (C=O) groups excluding carboxylic acids is 1. The third kappa shape index (κ3) is 7.09. The first-order valence-electron chi connectivity index (χ1n) is 11.6. The molecular formula is C26H34N2O4. The predicted molar refractivity (Wildman–Crippen MR) is 128 cm³/mol. The van der Waals surface area contributed by atoms with Crippen LogP contribution in [0.5, 0.6) is 5.75 Å². The Hall–Kier alpha value is -2.86. The maximum absolute atomic E-state index is 11.8. The number of aromatic nitrogens is 1. The van der Waals surface area contributed by atoms with Crippen LogP contribution in [-0.2, 0) is 14.3 Å². The van der Waals surface area contributed by atoms with Crippen molar-refractivity contribution in [2.24, 2.45) is 0 Å². The third-order valence-corrected chi connectivity index (χ3v) is 5.31. The minimum Gasteiger partial charge on any atom is -0.491 e. The summed E-state index contributed by atoms with van der Waals surface area (Å²) in [6, 6.07) is 10.1. The molecule has 6 heteroatoms. The highest BCUT2D eigenvalue weighted by Gasteiger charge is 2.17. The lowest BCUT2D eigenvalue weighted by Gasteiger charge is -2.19. The number of hydrogen-bond acceptors (Lipinski definition) is 6. The Morgan fingerprint density at radius 1 is 1.06 bits per heavy atom.